The van der Waals surface area contributed by atoms with E-state index in [0.717, 1.165) is 5.92 Å². The van der Waals surface area contributed by atoms with E-state index in [-0.39, 0.29) is 11.9 Å². The predicted octanol–water partition coefficient (Wildman–Crippen LogP) is 2.07. The predicted molar refractivity (Wildman–Crippen MR) is 67.3 cm³/mol. The van der Waals surface area contributed by atoms with E-state index in [2.05, 4.69) is 17.6 Å². The molecule has 0 spiro atoms. The Morgan fingerprint density at radius 1 is 1.12 bits per heavy atom. The Balaban J connectivity index is 2.37. The van der Waals surface area contributed by atoms with E-state index in [9.17, 15) is 4.79 Å². The van der Waals surface area contributed by atoms with Crippen LogP contribution in [0.25, 0.3) is 0 Å². The largest absolute Gasteiger partial charge is 0.358 e. The first kappa shape index (κ1) is 13.5. The molecule has 94 valence electrons. The van der Waals surface area contributed by atoms with Gasteiger partial charge in [0, 0.05) is 13.1 Å². The Bertz CT molecular complexity index is 210. The zero-order valence-electron chi connectivity index (χ0n) is 10.9. The number of nitrogens with one attached hydrogen (secondary N) is 2. The molecule has 2 atom stereocenters. The molecule has 0 aliphatic heterocycles. The van der Waals surface area contributed by atoms with Crippen molar-refractivity contribution in [1.82, 2.24) is 10.6 Å². The summed E-state index contributed by atoms with van der Waals surface area (Å²) in [6.45, 7) is 4.15. The van der Waals surface area contributed by atoms with Gasteiger partial charge in [-0.1, -0.05) is 25.7 Å². The van der Waals surface area contributed by atoms with Gasteiger partial charge in [-0.15, -0.1) is 0 Å². The van der Waals surface area contributed by atoms with Gasteiger partial charge in [-0.05, 0) is 32.6 Å². The normalized spacial score (nSPS) is 22.2. The fourth-order valence-corrected chi connectivity index (χ4v) is 2.63. The number of carbonyl (C=O) groups is 1. The SMILES string of the molecule is CNC(=O)C(C)N[C@H](C)C1CCCCCC1. The first-order valence-corrected chi connectivity index (χ1v) is 6.62. The average Bonchev–Trinajstić information content (AvgIpc) is 2.56. The van der Waals surface area contributed by atoms with Crippen LogP contribution in [0.4, 0.5) is 0 Å². The number of rotatable bonds is 4. The van der Waals surface area contributed by atoms with Gasteiger partial charge in [0.25, 0.3) is 0 Å². The Morgan fingerprint density at radius 2 is 1.69 bits per heavy atom. The molecule has 3 nitrogen and oxygen atoms in total. The standard InChI is InChI=1S/C13H26N2O/c1-10(15-11(2)13(16)14-3)12-8-6-4-5-7-9-12/h10-12,15H,4-9H2,1-3H3,(H,14,16)/t10-,11?/m1/s1. The van der Waals surface area contributed by atoms with Crippen LogP contribution in [0.1, 0.15) is 52.4 Å². The Labute approximate surface area is 99.4 Å². The van der Waals surface area contributed by atoms with Gasteiger partial charge >= 0.3 is 0 Å². The van der Waals surface area contributed by atoms with Crippen LogP contribution in [0, 0.1) is 5.92 Å². The van der Waals surface area contributed by atoms with Crippen molar-refractivity contribution in [3.8, 4) is 0 Å². The maximum Gasteiger partial charge on any atom is 0.236 e. The smallest absolute Gasteiger partial charge is 0.236 e. The highest BCUT2D eigenvalue weighted by molar-refractivity contribution is 5.80. The van der Waals surface area contributed by atoms with Gasteiger partial charge in [0.05, 0.1) is 6.04 Å². The third kappa shape index (κ3) is 4.12. The summed E-state index contributed by atoms with van der Waals surface area (Å²) >= 11 is 0. The average molecular weight is 226 g/mol. The summed E-state index contributed by atoms with van der Waals surface area (Å²) < 4.78 is 0. The summed E-state index contributed by atoms with van der Waals surface area (Å²) in [4.78, 5) is 11.4. The van der Waals surface area contributed by atoms with Gasteiger partial charge in [-0.2, -0.15) is 0 Å². The molecule has 1 amide bonds. The molecule has 0 aromatic heterocycles. The number of carbonyl (C=O) groups excluding carboxylic acids is 1. The van der Waals surface area contributed by atoms with Crippen LogP contribution in [0.15, 0.2) is 0 Å². The van der Waals surface area contributed by atoms with E-state index in [1.54, 1.807) is 7.05 Å². The molecule has 0 heterocycles. The van der Waals surface area contributed by atoms with Gasteiger partial charge < -0.3 is 10.6 Å². The highest BCUT2D eigenvalue weighted by Gasteiger charge is 2.22. The van der Waals surface area contributed by atoms with Crippen LogP contribution < -0.4 is 10.6 Å². The Hall–Kier alpha value is -0.570. The topological polar surface area (TPSA) is 41.1 Å². The van der Waals surface area contributed by atoms with Gasteiger partial charge in [0.2, 0.25) is 5.91 Å². The van der Waals surface area contributed by atoms with Crippen LogP contribution >= 0.6 is 0 Å². The summed E-state index contributed by atoms with van der Waals surface area (Å²) in [6, 6.07) is 0.369. The van der Waals surface area contributed by atoms with Crippen molar-refractivity contribution < 1.29 is 4.79 Å². The fourth-order valence-electron chi connectivity index (χ4n) is 2.63. The lowest BCUT2D eigenvalue weighted by atomic mass is 9.92. The summed E-state index contributed by atoms with van der Waals surface area (Å²) in [5.74, 6) is 0.829. The molecule has 2 N–H and O–H groups in total. The first-order valence-electron chi connectivity index (χ1n) is 6.62. The van der Waals surface area contributed by atoms with E-state index >= 15 is 0 Å². The van der Waals surface area contributed by atoms with Crippen LogP contribution in [-0.4, -0.2) is 25.0 Å². The van der Waals surface area contributed by atoms with Crippen molar-refractivity contribution in [3.63, 3.8) is 0 Å². The second-order valence-corrected chi connectivity index (χ2v) is 5.04. The number of amides is 1. The molecule has 0 aromatic carbocycles. The summed E-state index contributed by atoms with van der Waals surface area (Å²) in [7, 11) is 1.69. The monoisotopic (exact) mass is 226 g/mol. The van der Waals surface area contributed by atoms with Crippen LogP contribution in [0.3, 0.4) is 0 Å². The first-order chi connectivity index (χ1) is 7.65. The van der Waals surface area contributed by atoms with Crippen molar-refractivity contribution in [2.24, 2.45) is 5.92 Å². The molecular weight excluding hydrogens is 200 g/mol. The van der Waals surface area contributed by atoms with Crippen LogP contribution in [-0.2, 0) is 4.79 Å². The Kier molecular flexibility index (Phi) is 5.81. The molecule has 0 bridgehead atoms. The quantitative estimate of drug-likeness (QED) is 0.721. The second kappa shape index (κ2) is 6.89. The van der Waals surface area contributed by atoms with Crippen molar-refractivity contribution in [2.45, 2.75) is 64.5 Å². The van der Waals surface area contributed by atoms with E-state index in [1.165, 1.54) is 38.5 Å². The molecule has 0 saturated heterocycles. The third-order valence-corrected chi connectivity index (χ3v) is 3.76. The molecule has 3 heteroatoms. The number of hydrogen-bond acceptors (Lipinski definition) is 2. The molecule has 1 unspecified atom stereocenters. The van der Waals surface area contributed by atoms with E-state index in [0.29, 0.717) is 6.04 Å². The highest BCUT2D eigenvalue weighted by atomic mass is 16.2. The van der Waals surface area contributed by atoms with Gasteiger partial charge in [0.15, 0.2) is 0 Å². The summed E-state index contributed by atoms with van der Waals surface area (Å²) in [5, 5.41) is 6.10. The number of likely N-dealkylation sites (N-methyl/N-ethyl adjacent to an activating group) is 1. The molecular formula is C13H26N2O. The molecule has 0 radical (unpaired) electrons. The maximum atomic E-state index is 11.4. The summed E-state index contributed by atoms with van der Waals surface area (Å²) in [5.41, 5.74) is 0. The molecule has 1 aliphatic rings. The Morgan fingerprint density at radius 3 is 2.19 bits per heavy atom. The molecule has 1 saturated carbocycles. The lowest BCUT2D eigenvalue weighted by Gasteiger charge is -2.26. The second-order valence-electron chi connectivity index (χ2n) is 5.04. The minimum atomic E-state index is -0.0803. The molecule has 16 heavy (non-hydrogen) atoms. The van der Waals surface area contributed by atoms with Gasteiger partial charge in [-0.25, -0.2) is 0 Å². The lowest BCUT2D eigenvalue weighted by Crippen LogP contribution is -2.47. The molecule has 1 rings (SSSR count). The minimum absolute atomic E-state index is 0.0803. The molecule has 1 fully saturated rings. The number of hydrogen-bond donors (Lipinski definition) is 2. The third-order valence-electron chi connectivity index (χ3n) is 3.76. The van der Waals surface area contributed by atoms with E-state index in [1.807, 2.05) is 6.92 Å². The van der Waals surface area contributed by atoms with Crippen molar-refractivity contribution in [3.05, 3.63) is 0 Å². The minimum Gasteiger partial charge on any atom is -0.358 e. The van der Waals surface area contributed by atoms with Crippen LogP contribution in [0.5, 0.6) is 0 Å². The van der Waals surface area contributed by atoms with Crippen molar-refractivity contribution in [1.29, 1.82) is 0 Å². The lowest BCUT2D eigenvalue weighted by molar-refractivity contribution is -0.122. The van der Waals surface area contributed by atoms with E-state index < -0.39 is 0 Å². The zero-order chi connectivity index (χ0) is 12.0. The molecule has 1 aliphatic carbocycles. The highest BCUT2D eigenvalue weighted by Crippen LogP contribution is 2.25. The van der Waals surface area contributed by atoms with Gasteiger partial charge in [0.1, 0.15) is 0 Å². The van der Waals surface area contributed by atoms with E-state index in [4.69, 9.17) is 0 Å². The van der Waals surface area contributed by atoms with Crippen LogP contribution in [0.2, 0.25) is 0 Å². The maximum absolute atomic E-state index is 11.4. The zero-order valence-corrected chi connectivity index (χ0v) is 10.9. The van der Waals surface area contributed by atoms with Gasteiger partial charge in [-0.3, -0.25) is 4.79 Å². The van der Waals surface area contributed by atoms with Crippen molar-refractivity contribution >= 4 is 5.91 Å². The fraction of sp³-hybridized carbons (Fsp3) is 0.923. The summed E-state index contributed by atoms with van der Waals surface area (Å²) in [6.07, 6.45) is 8.10. The molecule has 0 aromatic rings. The van der Waals surface area contributed by atoms with Crippen molar-refractivity contribution in [2.75, 3.05) is 7.05 Å².